The fourth-order valence-corrected chi connectivity index (χ4v) is 2.77. The van der Waals surface area contributed by atoms with Gasteiger partial charge in [0, 0.05) is 24.8 Å². The second kappa shape index (κ2) is 6.69. The zero-order valence-corrected chi connectivity index (χ0v) is 13.4. The summed E-state index contributed by atoms with van der Waals surface area (Å²) >= 11 is 1.31. The standard InChI is InChI=1S/C14H18N4O3S/c1-8(2)6-10(12(20)15-3)17-11(19)9-7-16-14-18(13(9)21)4-5-22-14/h4-5,7-8,10H,6H2,1-3H3,(H,15,20)(H,17,19)/t10-/m1/s1. The van der Waals surface area contributed by atoms with E-state index in [0.29, 0.717) is 11.4 Å². The third-order valence-electron chi connectivity index (χ3n) is 3.16. The van der Waals surface area contributed by atoms with Gasteiger partial charge >= 0.3 is 0 Å². The topological polar surface area (TPSA) is 92.6 Å². The first-order valence-electron chi connectivity index (χ1n) is 6.91. The lowest BCUT2D eigenvalue weighted by Crippen LogP contribution is -2.47. The van der Waals surface area contributed by atoms with Crippen LogP contribution in [-0.2, 0) is 4.79 Å². The van der Waals surface area contributed by atoms with Gasteiger partial charge in [-0.3, -0.25) is 18.8 Å². The molecule has 2 heterocycles. The first kappa shape index (κ1) is 16.2. The molecule has 2 N–H and O–H groups in total. The zero-order chi connectivity index (χ0) is 16.3. The molecular weight excluding hydrogens is 304 g/mol. The van der Waals surface area contributed by atoms with Crippen molar-refractivity contribution in [3.8, 4) is 0 Å². The van der Waals surface area contributed by atoms with Gasteiger partial charge in [0.1, 0.15) is 11.6 Å². The number of aromatic nitrogens is 2. The number of fused-ring (bicyclic) bond motifs is 1. The molecule has 2 aromatic heterocycles. The van der Waals surface area contributed by atoms with E-state index in [9.17, 15) is 14.4 Å². The fraction of sp³-hybridized carbons (Fsp3) is 0.429. The maximum Gasteiger partial charge on any atom is 0.271 e. The zero-order valence-electron chi connectivity index (χ0n) is 12.6. The number of carbonyl (C=O) groups is 2. The van der Waals surface area contributed by atoms with Gasteiger partial charge in [-0.2, -0.15) is 0 Å². The molecule has 0 aromatic carbocycles. The van der Waals surface area contributed by atoms with E-state index in [4.69, 9.17) is 0 Å². The Hall–Kier alpha value is -2.22. The molecule has 0 fully saturated rings. The van der Waals surface area contributed by atoms with E-state index in [1.165, 1.54) is 29.0 Å². The molecule has 0 saturated carbocycles. The van der Waals surface area contributed by atoms with Crippen LogP contribution in [0.1, 0.15) is 30.6 Å². The van der Waals surface area contributed by atoms with E-state index < -0.39 is 17.5 Å². The van der Waals surface area contributed by atoms with Crippen LogP contribution in [0.4, 0.5) is 0 Å². The van der Waals surface area contributed by atoms with Gasteiger partial charge in [0.2, 0.25) is 5.91 Å². The maximum atomic E-state index is 12.3. The molecule has 1 atom stereocenters. The van der Waals surface area contributed by atoms with Crippen molar-refractivity contribution in [2.45, 2.75) is 26.3 Å². The van der Waals surface area contributed by atoms with Crippen LogP contribution in [0, 0.1) is 5.92 Å². The van der Waals surface area contributed by atoms with Crippen molar-refractivity contribution in [1.82, 2.24) is 20.0 Å². The minimum atomic E-state index is -0.680. The Bertz CT molecular complexity index is 750. The number of amides is 2. The highest BCUT2D eigenvalue weighted by atomic mass is 32.1. The van der Waals surface area contributed by atoms with Crippen LogP contribution < -0.4 is 16.2 Å². The molecule has 7 nitrogen and oxygen atoms in total. The molecule has 2 amide bonds. The summed E-state index contributed by atoms with van der Waals surface area (Å²) in [7, 11) is 1.51. The number of carbonyl (C=O) groups excluding carboxylic acids is 2. The van der Waals surface area contributed by atoms with Crippen LogP contribution in [0.3, 0.4) is 0 Å². The summed E-state index contributed by atoms with van der Waals surface area (Å²) in [6.45, 7) is 3.91. The Labute approximate surface area is 131 Å². The molecule has 2 aromatic rings. The van der Waals surface area contributed by atoms with Crippen LogP contribution in [-0.4, -0.2) is 34.3 Å². The largest absolute Gasteiger partial charge is 0.357 e. The van der Waals surface area contributed by atoms with Gasteiger partial charge < -0.3 is 10.6 Å². The van der Waals surface area contributed by atoms with Crippen molar-refractivity contribution in [3.05, 3.63) is 33.7 Å². The second-order valence-corrected chi connectivity index (χ2v) is 6.18. The molecule has 118 valence electrons. The van der Waals surface area contributed by atoms with E-state index in [1.807, 2.05) is 13.8 Å². The Morgan fingerprint density at radius 2 is 2.14 bits per heavy atom. The number of likely N-dealkylation sites (N-methyl/N-ethyl adjacent to an activating group) is 1. The van der Waals surface area contributed by atoms with Gasteiger partial charge in [-0.05, 0) is 12.3 Å². The van der Waals surface area contributed by atoms with E-state index in [0.717, 1.165) is 0 Å². The number of hydrogen-bond acceptors (Lipinski definition) is 5. The summed E-state index contributed by atoms with van der Waals surface area (Å²) in [5.41, 5.74) is -0.516. The van der Waals surface area contributed by atoms with Crippen molar-refractivity contribution in [3.63, 3.8) is 0 Å². The minimum Gasteiger partial charge on any atom is -0.357 e. The van der Waals surface area contributed by atoms with Crippen molar-refractivity contribution in [2.24, 2.45) is 5.92 Å². The quantitative estimate of drug-likeness (QED) is 0.845. The van der Waals surface area contributed by atoms with Crippen LogP contribution in [0.2, 0.25) is 0 Å². The highest BCUT2D eigenvalue weighted by Crippen LogP contribution is 2.08. The normalized spacial score (nSPS) is 12.4. The third-order valence-corrected chi connectivity index (χ3v) is 3.93. The summed E-state index contributed by atoms with van der Waals surface area (Å²) < 4.78 is 1.32. The molecule has 0 aliphatic heterocycles. The highest BCUT2D eigenvalue weighted by molar-refractivity contribution is 7.15. The predicted octanol–water partition coefficient (Wildman–Crippen LogP) is 0.646. The third kappa shape index (κ3) is 3.33. The lowest BCUT2D eigenvalue weighted by Gasteiger charge is -2.18. The number of nitrogens with zero attached hydrogens (tertiary/aromatic N) is 2. The second-order valence-electron chi connectivity index (χ2n) is 5.30. The maximum absolute atomic E-state index is 12.3. The summed E-state index contributed by atoms with van der Waals surface area (Å²) in [6, 6.07) is -0.680. The summed E-state index contributed by atoms with van der Waals surface area (Å²) in [4.78, 5) is 41.0. The number of rotatable bonds is 5. The monoisotopic (exact) mass is 322 g/mol. The smallest absolute Gasteiger partial charge is 0.271 e. The van der Waals surface area contributed by atoms with Gasteiger partial charge in [0.05, 0.1) is 0 Å². The first-order chi connectivity index (χ1) is 10.4. The number of hydrogen-bond donors (Lipinski definition) is 2. The van der Waals surface area contributed by atoms with Gasteiger partial charge in [-0.15, -0.1) is 11.3 Å². The molecule has 0 aliphatic carbocycles. The average molecular weight is 322 g/mol. The highest BCUT2D eigenvalue weighted by Gasteiger charge is 2.23. The summed E-state index contributed by atoms with van der Waals surface area (Å²) in [6.07, 6.45) is 3.30. The minimum absolute atomic E-state index is 0.0754. The van der Waals surface area contributed by atoms with Gasteiger partial charge in [-0.1, -0.05) is 13.8 Å². The Balaban J connectivity index is 2.26. The van der Waals surface area contributed by atoms with Crippen LogP contribution in [0.25, 0.3) is 4.96 Å². The van der Waals surface area contributed by atoms with Gasteiger partial charge in [0.15, 0.2) is 4.96 Å². The Morgan fingerprint density at radius 1 is 1.41 bits per heavy atom. The molecule has 0 radical (unpaired) electrons. The van der Waals surface area contributed by atoms with Crippen molar-refractivity contribution in [1.29, 1.82) is 0 Å². The molecule has 22 heavy (non-hydrogen) atoms. The number of thiazole rings is 1. The Morgan fingerprint density at radius 3 is 2.77 bits per heavy atom. The molecule has 8 heteroatoms. The SMILES string of the molecule is CNC(=O)[C@@H](CC(C)C)NC(=O)c1cnc2sccn2c1=O. The number of nitrogens with one attached hydrogen (secondary N) is 2. The van der Waals surface area contributed by atoms with Gasteiger partial charge in [-0.25, -0.2) is 4.98 Å². The molecular formula is C14H18N4O3S. The average Bonchev–Trinajstić information content (AvgIpc) is 2.94. The fourth-order valence-electron chi connectivity index (χ4n) is 2.09. The van der Waals surface area contributed by atoms with Crippen LogP contribution in [0.15, 0.2) is 22.6 Å². The van der Waals surface area contributed by atoms with Gasteiger partial charge in [0.25, 0.3) is 11.5 Å². The summed E-state index contributed by atoms with van der Waals surface area (Å²) in [5, 5.41) is 6.85. The molecule has 2 rings (SSSR count). The van der Waals surface area contributed by atoms with Crippen molar-refractivity contribution >= 4 is 28.1 Å². The summed E-state index contributed by atoms with van der Waals surface area (Å²) in [5.74, 6) is -0.653. The van der Waals surface area contributed by atoms with E-state index in [1.54, 1.807) is 11.6 Å². The van der Waals surface area contributed by atoms with Crippen LogP contribution >= 0.6 is 11.3 Å². The van der Waals surface area contributed by atoms with Crippen LogP contribution in [0.5, 0.6) is 0 Å². The van der Waals surface area contributed by atoms with E-state index in [2.05, 4.69) is 15.6 Å². The molecule has 0 bridgehead atoms. The predicted molar refractivity (Wildman–Crippen MR) is 84.1 cm³/mol. The van der Waals surface area contributed by atoms with Crippen molar-refractivity contribution < 1.29 is 9.59 Å². The molecule has 0 saturated heterocycles. The lowest BCUT2D eigenvalue weighted by molar-refractivity contribution is -0.122. The first-order valence-corrected chi connectivity index (χ1v) is 7.79. The van der Waals surface area contributed by atoms with E-state index in [-0.39, 0.29) is 17.4 Å². The van der Waals surface area contributed by atoms with Crippen molar-refractivity contribution in [2.75, 3.05) is 7.05 Å². The molecule has 0 spiro atoms. The molecule has 0 unspecified atom stereocenters. The molecule has 0 aliphatic rings. The van der Waals surface area contributed by atoms with E-state index >= 15 is 0 Å². The lowest BCUT2D eigenvalue weighted by atomic mass is 10.0. The Kier molecular flexibility index (Phi) is 4.92.